The molecule has 6 heteroatoms. The maximum Gasteiger partial charge on any atom is 0.223 e. The van der Waals surface area contributed by atoms with Crippen molar-refractivity contribution >= 4 is 16.8 Å². The molecule has 1 aliphatic rings. The van der Waals surface area contributed by atoms with Crippen LogP contribution in [0.2, 0.25) is 0 Å². The van der Waals surface area contributed by atoms with Gasteiger partial charge in [-0.15, -0.1) is 0 Å². The van der Waals surface area contributed by atoms with Crippen molar-refractivity contribution in [2.75, 3.05) is 6.54 Å². The summed E-state index contributed by atoms with van der Waals surface area (Å²) in [6, 6.07) is 4.83. The third-order valence-corrected chi connectivity index (χ3v) is 5.12. The lowest BCUT2D eigenvalue weighted by Crippen LogP contribution is -2.35. The molecule has 1 amide bonds. The largest absolute Gasteiger partial charge is 0.356 e. The van der Waals surface area contributed by atoms with Gasteiger partial charge >= 0.3 is 0 Å². The second kappa shape index (κ2) is 6.35. The van der Waals surface area contributed by atoms with Gasteiger partial charge in [-0.05, 0) is 48.6 Å². The molecule has 0 bridgehead atoms. The van der Waals surface area contributed by atoms with Gasteiger partial charge in [0.1, 0.15) is 5.82 Å². The van der Waals surface area contributed by atoms with E-state index in [1.54, 1.807) is 6.07 Å². The minimum absolute atomic E-state index is 0.00885. The van der Waals surface area contributed by atoms with E-state index in [9.17, 15) is 9.18 Å². The monoisotopic (exact) mass is 340 g/mol. The molecule has 0 saturated carbocycles. The fourth-order valence-electron chi connectivity index (χ4n) is 3.74. The Labute approximate surface area is 145 Å². The summed E-state index contributed by atoms with van der Waals surface area (Å²) in [4.78, 5) is 12.4. The molecule has 3 aromatic rings. The number of carbonyl (C=O) groups excluding carboxylic acids is 1. The second-order valence-corrected chi connectivity index (χ2v) is 6.78. The van der Waals surface area contributed by atoms with Crippen molar-refractivity contribution in [2.24, 2.45) is 13.0 Å². The van der Waals surface area contributed by atoms with Gasteiger partial charge in [-0.25, -0.2) is 4.39 Å². The van der Waals surface area contributed by atoms with Crippen molar-refractivity contribution in [3.8, 4) is 0 Å². The highest BCUT2D eigenvalue weighted by atomic mass is 19.1. The molecule has 0 aliphatic heterocycles. The van der Waals surface area contributed by atoms with E-state index in [0.717, 1.165) is 47.8 Å². The number of benzene rings is 1. The molecule has 130 valence electrons. The van der Waals surface area contributed by atoms with Crippen LogP contribution in [0.3, 0.4) is 0 Å². The zero-order chi connectivity index (χ0) is 17.4. The molecule has 4 rings (SSSR count). The van der Waals surface area contributed by atoms with E-state index in [2.05, 4.69) is 15.5 Å². The summed E-state index contributed by atoms with van der Waals surface area (Å²) in [7, 11) is 1.91. The minimum atomic E-state index is -0.232. The van der Waals surface area contributed by atoms with Gasteiger partial charge in [0.05, 0.1) is 11.7 Å². The molecule has 5 nitrogen and oxygen atoms in total. The number of halogens is 1. The summed E-state index contributed by atoms with van der Waals surface area (Å²) in [5, 5.41) is 11.1. The topological polar surface area (TPSA) is 62.7 Å². The first-order valence-corrected chi connectivity index (χ1v) is 8.64. The number of H-pyrrole nitrogens is 1. The van der Waals surface area contributed by atoms with Crippen LogP contribution < -0.4 is 5.32 Å². The number of rotatable bonds is 4. The third kappa shape index (κ3) is 3.04. The predicted octanol–water partition coefficient (Wildman–Crippen LogP) is 2.50. The fraction of sp³-hybridized carbons (Fsp3) is 0.368. The highest BCUT2D eigenvalue weighted by Crippen LogP contribution is 2.24. The van der Waals surface area contributed by atoms with Crippen LogP contribution in [0.15, 0.2) is 30.6 Å². The highest BCUT2D eigenvalue weighted by Gasteiger charge is 2.25. The van der Waals surface area contributed by atoms with Gasteiger partial charge in [-0.2, -0.15) is 5.10 Å². The lowest BCUT2D eigenvalue weighted by molar-refractivity contribution is -0.125. The smallest absolute Gasteiger partial charge is 0.223 e. The first-order valence-electron chi connectivity index (χ1n) is 8.64. The van der Waals surface area contributed by atoms with Crippen LogP contribution in [-0.2, 0) is 31.1 Å². The summed E-state index contributed by atoms with van der Waals surface area (Å²) in [5.41, 5.74) is 4.31. The molecular weight excluding hydrogens is 319 g/mol. The number of aryl methyl sites for hydroxylation is 2. The van der Waals surface area contributed by atoms with Gasteiger partial charge in [0, 0.05) is 43.2 Å². The molecule has 1 aromatic carbocycles. The highest BCUT2D eigenvalue weighted by molar-refractivity contribution is 5.84. The Morgan fingerprint density at radius 1 is 1.48 bits per heavy atom. The van der Waals surface area contributed by atoms with Crippen LogP contribution >= 0.6 is 0 Å². The second-order valence-electron chi connectivity index (χ2n) is 6.78. The number of aromatic amines is 1. The van der Waals surface area contributed by atoms with Crippen molar-refractivity contribution in [1.29, 1.82) is 0 Å². The van der Waals surface area contributed by atoms with E-state index in [1.807, 2.05) is 30.1 Å². The Morgan fingerprint density at radius 3 is 3.24 bits per heavy atom. The van der Waals surface area contributed by atoms with E-state index in [0.29, 0.717) is 6.54 Å². The predicted molar refractivity (Wildman–Crippen MR) is 93.7 cm³/mol. The van der Waals surface area contributed by atoms with Gasteiger partial charge in [0.2, 0.25) is 5.91 Å². The van der Waals surface area contributed by atoms with Crippen LogP contribution in [-0.4, -0.2) is 27.2 Å². The molecule has 0 radical (unpaired) electrons. The number of aromatic nitrogens is 3. The molecule has 0 spiro atoms. The zero-order valence-electron chi connectivity index (χ0n) is 14.2. The number of nitrogens with one attached hydrogen (secondary N) is 2. The number of hydrogen-bond acceptors (Lipinski definition) is 2. The molecule has 1 aliphatic carbocycles. The van der Waals surface area contributed by atoms with Crippen molar-refractivity contribution in [1.82, 2.24) is 20.1 Å². The van der Waals surface area contributed by atoms with Crippen LogP contribution in [0.25, 0.3) is 10.9 Å². The molecule has 1 unspecified atom stereocenters. The molecule has 2 N–H and O–H groups in total. The van der Waals surface area contributed by atoms with Gasteiger partial charge in [-0.3, -0.25) is 9.89 Å². The first kappa shape index (κ1) is 15.9. The molecule has 2 aromatic heterocycles. The average Bonchev–Trinajstić information content (AvgIpc) is 3.19. The fourth-order valence-corrected chi connectivity index (χ4v) is 3.74. The van der Waals surface area contributed by atoms with E-state index in [1.165, 1.54) is 11.6 Å². The Bertz CT molecular complexity index is 927. The molecule has 0 fully saturated rings. The van der Waals surface area contributed by atoms with E-state index < -0.39 is 0 Å². The summed E-state index contributed by atoms with van der Waals surface area (Å²) in [5.74, 6) is -0.120. The van der Waals surface area contributed by atoms with Crippen molar-refractivity contribution in [2.45, 2.75) is 25.7 Å². The first-order chi connectivity index (χ1) is 12.1. The van der Waals surface area contributed by atoms with Crippen LogP contribution in [0.5, 0.6) is 0 Å². The number of nitrogens with zero attached hydrogens (tertiary/aromatic N) is 2. The van der Waals surface area contributed by atoms with Gasteiger partial charge < -0.3 is 9.88 Å². The van der Waals surface area contributed by atoms with Crippen molar-refractivity contribution < 1.29 is 9.18 Å². The maximum atomic E-state index is 13.4. The molecule has 1 atom stereocenters. The van der Waals surface area contributed by atoms with E-state index in [-0.39, 0.29) is 17.6 Å². The lowest BCUT2D eigenvalue weighted by atomic mass is 9.87. The Hall–Kier alpha value is -2.63. The van der Waals surface area contributed by atoms with Gasteiger partial charge in [-0.1, -0.05) is 0 Å². The standard InChI is InChI=1S/C19H21FN4O/c1-24-11-14(16-5-4-15(20)9-18(16)24)6-7-21-19(25)12-2-3-13-10-22-23-17(13)8-12/h4-5,9-12H,2-3,6-8H2,1H3,(H,21,25)(H,22,23). The zero-order valence-corrected chi connectivity index (χ0v) is 14.2. The van der Waals surface area contributed by atoms with Crippen LogP contribution in [0, 0.1) is 11.7 Å². The van der Waals surface area contributed by atoms with E-state index in [4.69, 9.17) is 0 Å². The van der Waals surface area contributed by atoms with Gasteiger partial charge in [0.25, 0.3) is 0 Å². The number of fused-ring (bicyclic) bond motifs is 2. The number of carbonyl (C=O) groups is 1. The third-order valence-electron chi connectivity index (χ3n) is 5.12. The summed E-state index contributed by atoms with van der Waals surface area (Å²) >= 11 is 0. The van der Waals surface area contributed by atoms with Crippen LogP contribution in [0.1, 0.15) is 23.2 Å². The molecular formula is C19H21FN4O. The van der Waals surface area contributed by atoms with Crippen molar-refractivity contribution in [3.05, 3.63) is 53.2 Å². The Morgan fingerprint density at radius 2 is 2.36 bits per heavy atom. The summed E-state index contributed by atoms with van der Waals surface area (Å²) in [6.45, 7) is 0.585. The Balaban J connectivity index is 1.37. The SMILES string of the molecule is Cn1cc(CCNC(=O)C2CCc3cn[nH]c3C2)c2ccc(F)cc21. The summed E-state index contributed by atoms with van der Waals surface area (Å²) < 4.78 is 15.3. The molecule has 2 heterocycles. The van der Waals surface area contributed by atoms with Crippen molar-refractivity contribution in [3.63, 3.8) is 0 Å². The maximum absolute atomic E-state index is 13.4. The van der Waals surface area contributed by atoms with E-state index >= 15 is 0 Å². The molecule has 0 saturated heterocycles. The quantitative estimate of drug-likeness (QED) is 0.766. The normalized spacial score (nSPS) is 16.8. The summed E-state index contributed by atoms with van der Waals surface area (Å²) in [6.07, 6.45) is 7.09. The van der Waals surface area contributed by atoms with Gasteiger partial charge in [0.15, 0.2) is 0 Å². The number of amides is 1. The average molecular weight is 340 g/mol. The minimum Gasteiger partial charge on any atom is -0.356 e. The number of hydrogen-bond donors (Lipinski definition) is 2. The molecule has 25 heavy (non-hydrogen) atoms. The Kier molecular flexibility index (Phi) is 4.03. The van der Waals surface area contributed by atoms with Crippen LogP contribution in [0.4, 0.5) is 4.39 Å². The lowest BCUT2D eigenvalue weighted by Gasteiger charge is -2.20.